The molecule has 1 aliphatic carbocycles. The van der Waals surface area contributed by atoms with E-state index in [1.807, 2.05) is 12.1 Å². The van der Waals surface area contributed by atoms with Crippen molar-refractivity contribution < 1.29 is 4.42 Å². The molecule has 12 rings (SSSR count). The van der Waals surface area contributed by atoms with E-state index in [1.54, 1.807) is 0 Å². The number of benzene rings is 10. The van der Waals surface area contributed by atoms with Crippen LogP contribution in [0, 0.1) is 0 Å². The topological polar surface area (TPSA) is 16.4 Å². The molecule has 0 saturated heterocycles. The maximum Gasteiger partial charge on any atom is 0.136 e. The van der Waals surface area contributed by atoms with Crippen LogP contribution in [0.4, 0.5) is 17.1 Å². The maximum atomic E-state index is 6.31. The highest BCUT2D eigenvalue weighted by Crippen LogP contribution is 2.57. The number of hydrogen-bond acceptors (Lipinski definition) is 2. The molecule has 1 aliphatic rings. The van der Waals surface area contributed by atoms with Gasteiger partial charge in [-0.15, -0.1) is 0 Å². The second kappa shape index (κ2) is 14.1. The van der Waals surface area contributed by atoms with Crippen LogP contribution < -0.4 is 4.90 Å². The van der Waals surface area contributed by atoms with Gasteiger partial charge in [-0.05, 0) is 109 Å². The number of hydrogen-bond donors (Lipinski definition) is 0. The summed E-state index contributed by atoms with van der Waals surface area (Å²) in [7, 11) is 0. The van der Waals surface area contributed by atoms with E-state index in [9.17, 15) is 0 Å². The minimum atomic E-state index is -0.527. The van der Waals surface area contributed by atoms with Crippen LogP contribution in [0.25, 0.3) is 66.1 Å². The second-order valence-electron chi connectivity index (χ2n) is 16.0. The molecule has 0 unspecified atom stereocenters. The summed E-state index contributed by atoms with van der Waals surface area (Å²) in [5, 5.41) is 4.69. The summed E-state index contributed by atoms with van der Waals surface area (Å²) < 4.78 is 6.31. The summed E-state index contributed by atoms with van der Waals surface area (Å²) in [5.74, 6) is 0. The fraction of sp³-hybridized carbons (Fsp3) is 0.0169. The third-order valence-electron chi connectivity index (χ3n) is 12.7. The van der Waals surface area contributed by atoms with E-state index in [0.29, 0.717) is 0 Å². The van der Waals surface area contributed by atoms with E-state index in [4.69, 9.17) is 4.42 Å². The quantitative estimate of drug-likeness (QED) is 0.160. The Kier molecular flexibility index (Phi) is 8.11. The second-order valence-corrected chi connectivity index (χ2v) is 16.0. The van der Waals surface area contributed by atoms with Crippen LogP contribution in [0.3, 0.4) is 0 Å². The molecule has 0 saturated carbocycles. The van der Waals surface area contributed by atoms with Crippen LogP contribution in [-0.2, 0) is 5.41 Å². The molecule has 0 aliphatic heterocycles. The van der Waals surface area contributed by atoms with Crippen molar-refractivity contribution >= 4 is 49.8 Å². The Bertz CT molecular complexity index is 3360. The molecule has 2 nitrogen and oxygen atoms in total. The number of fused-ring (bicyclic) bond motifs is 7. The predicted octanol–water partition coefficient (Wildman–Crippen LogP) is 15.9. The van der Waals surface area contributed by atoms with Gasteiger partial charge in [-0.25, -0.2) is 0 Å². The summed E-state index contributed by atoms with van der Waals surface area (Å²) in [6.07, 6.45) is 0. The molecule has 1 heterocycles. The van der Waals surface area contributed by atoms with Crippen LogP contribution in [0.5, 0.6) is 0 Å². The highest BCUT2D eigenvalue weighted by Gasteiger charge is 2.46. The van der Waals surface area contributed by atoms with Crippen molar-refractivity contribution in [2.45, 2.75) is 5.41 Å². The first-order chi connectivity index (χ1) is 30.3. The minimum Gasteiger partial charge on any atom is -0.456 e. The fourth-order valence-corrected chi connectivity index (χ4v) is 10.1. The largest absolute Gasteiger partial charge is 0.456 e. The minimum absolute atomic E-state index is 0.527. The number of nitrogens with zero attached hydrogens (tertiary/aromatic N) is 1. The Morgan fingerprint density at radius 1 is 0.344 bits per heavy atom. The molecular formula is C59H39NO. The van der Waals surface area contributed by atoms with E-state index < -0.39 is 5.41 Å². The monoisotopic (exact) mass is 777 g/mol. The van der Waals surface area contributed by atoms with Gasteiger partial charge in [-0.3, -0.25) is 0 Å². The van der Waals surface area contributed by atoms with E-state index in [0.717, 1.165) is 50.1 Å². The summed E-state index contributed by atoms with van der Waals surface area (Å²) >= 11 is 0. The van der Waals surface area contributed by atoms with Gasteiger partial charge in [0.15, 0.2) is 0 Å². The van der Waals surface area contributed by atoms with Crippen molar-refractivity contribution in [2.75, 3.05) is 4.90 Å². The van der Waals surface area contributed by atoms with Crippen molar-refractivity contribution in [1.29, 1.82) is 0 Å². The molecule has 11 aromatic rings. The average Bonchev–Trinajstić information content (AvgIpc) is 3.86. The van der Waals surface area contributed by atoms with Gasteiger partial charge in [0.25, 0.3) is 0 Å². The zero-order valence-electron chi connectivity index (χ0n) is 33.4. The number of furan rings is 1. The lowest BCUT2D eigenvalue weighted by Crippen LogP contribution is -2.28. The molecule has 0 spiro atoms. The Labute approximate surface area is 355 Å². The van der Waals surface area contributed by atoms with Gasteiger partial charge in [-0.2, -0.15) is 0 Å². The van der Waals surface area contributed by atoms with Crippen molar-refractivity contribution in [3.8, 4) is 33.4 Å². The molecule has 2 heteroatoms. The Balaban J connectivity index is 1.10. The third kappa shape index (κ3) is 5.50. The summed E-state index contributed by atoms with van der Waals surface area (Å²) in [5.41, 5.74) is 16.8. The Morgan fingerprint density at radius 2 is 0.934 bits per heavy atom. The van der Waals surface area contributed by atoms with E-state index in [-0.39, 0.29) is 0 Å². The average molecular weight is 778 g/mol. The number of anilines is 3. The molecule has 10 aromatic carbocycles. The van der Waals surface area contributed by atoms with Gasteiger partial charge < -0.3 is 9.32 Å². The van der Waals surface area contributed by atoms with Gasteiger partial charge >= 0.3 is 0 Å². The molecular weight excluding hydrogens is 739 g/mol. The third-order valence-corrected chi connectivity index (χ3v) is 12.7. The van der Waals surface area contributed by atoms with E-state index in [2.05, 4.69) is 229 Å². The van der Waals surface area contributed by atoms with Crippen LogP contribution in [0.15, 0.2) is 241 Å². The first kappa shape index (κ1) is 35.0. The molecule has 61 heavy (non-hydrogen) atoms. The van der Waals surface area contributed by atoms with Gasteiger partial charge in [0.05, 0.1) is 11.1 Å². The SMILES string of the molecule is c1ccc(-c2c(N(c3ccc(-c4ccc5c(c4)oc4ccccc45)cc3)c3ccc4c(c3)C(c3ccccc3)(c3ccccc3)c3ccccc3-4)ccc3ccccc23)cc1. The number of para-hydroxylation sites is 1. The zero-order chi connectivity index (χ0) is 40.3. The predicted molar refractivity (Wildman–Crippen MR) is 254 cm³/mol. The first-order valence-electron chi connectivity index (χ1n) is 21.0. The lowest BCUT2D eigenvalue weighted by molar-refractivity contribution is 0.669. The standard InChI is InChI=1S/C59H39NO/c1-4-17-42(18-5-1)58-48-23-11-10-16-41(48)31-37-55(58)60(46-32-28-40(29-33-46)43-30-35-52-51-25-13-15-27-56(51)61-57(52)38-43)47-34-36-50-49-24-12-14-26-53(49)59(54(50)39-47,44-19-6-2-7-20-44)45-21-8-3-9-22-45/h1-39H. The van der Waals surface area contributed by atoms with Gasteiger partial charge in [0, 0.05) is 27.7 Å². The Hall–Kier alpha value is -7.94. The smallest absolute Gasteiger partial charge is 0.136 e. The maximum absolute atomic E-state index is 6.31. The normalized spacial score (nSPS) is 12.7. The highest BCUT2D eigenvalue weighted by molar-refractivity contribution is 6.07. The molecule has 0 radical (unpaired) electrons. The van der Waals surface area contributed by atoms with Crippen LogP contribution in [0.2, 0.25) is 0 Å². The summed E-state index contributed by atoms with van der Waals surface area (Å²) in [4.78, 5) is 2.46. The highest BCUT2D eigenvalue weighted by atomic mass is 16.3. The van der Waals surface area contributed by atoms with Crippen molar-refractivity contribution in [2.24, 2.45) is 0 Å². The lowest BCUT2D eigenvalue weighted by atomic mass is 9.67. The molecule has 0 fully saturated rings. The Morgan fingerprint density at radius 3 is 1.70 bits per heavy atom. The summed E-state index contributed by atoms with van der Waals surface area (Å²) in [6.45, 7) is 0. The van der Waals surface area contributed by atoms with Crippen molar-refractivity contribution in [3.05, 3.63) is 259 Å². The van der Waals surface area contributed by atoms with E-state index >= 15 is 0 Å². The van der Waals surface area contributed by atoms with Gasteiger partial charge in [-0.1, -0.05) is 188 Å². The van der Waals surface area contributed by atoms with Crippen LogP contribution >= 0.6 is 0 Å². The van der Waals surface area contributed by atoms with E-state index in [1.165, 1.54) is 55.3 Å². The molecule has 0 amide bonds. The van der Waals surface area contributed by atoms with Crippen molar-refractivity contribution in [3.63, 3.8) is 0 Å². The molecule has 0 N–H and O–H groups in total. The van der Waals surface area contributed by atoms with Crippen molar-refractivity contribution in [1.82, 2.24) is 0 Å². The van der Waals surface area contributed by atoms with Gasteiger partial charge in [0.1, 0.15) is 11.2 Å². The fourth-order valence-electron chi connectivity index (χ4n) is 10.1. The van der Waals surface area contributed by atoms with Crippen LogP contribution in [-0.4, -0.2) is 0 Å². The first-order valence-corrected chi connectivity index (χ1v) is 21.0. The number of rotatable bonds is 7. The zero-order valence-corrected chi connectivity index (χ0v) is 33.4. The molecule has 286 valence electrons. The lowest BCUT2D eigenvalue weighted by Gasteiger charge is -2.35. The molecule has 1 aromatic heterocycles. The molecule has 0 bridgehead atoms. The summed E-state index contributed by atoms with van der Waals surface area (Å²) in [6, 6.07) is 86.2. The van der Waals surface area contributed by atoms with Gasteiger partial charge in [0.2, 0.25) is 0 Å². The molecule has 0 atom stereocenters. The van der Waals surface area contributed by atoms with Crippen LogP contribution in [0.1, 0.15) is 22.3 Å².